The third-order valence-corrected chi connectivity index (χ3v) is 5.80. The first-order valence-corrected chi connectivity index (χ1v) is 11.4. The molecule has 4 rings (SSSR count). The fourth-order valence-electron chi connectivity index (χ4n) is 3.14. The Bertz CT molecular complexity index is 1210. The number of hydrogen-bond donors (Lipinski definition) is 1. The third kappa shape index (κ3) is 4.58. The van der Waals surface area contributed by atoms with Crippen LogP contribution in [0.2, 0.25) is 0 Å². The molecule has 1 aromatic carbocycles. The summed E-state index contributed by atoms with van der Waals surface area (Å²) in [5, 5.41) is 0.772. The zero-order valence-electron chi connectivity index (χ0n) is 16.5. The lowest BCUT2D eigenvalue weighted by molar-refractivity contribution is -0.123. The molecule has 3 aromatic rings. The highest BCUT2D eigenvalue weighted by atomic mass is 32.2. The minimum absolute atomic E-state index is 0.104. The van der Waals surface area contributed by atoms with E-state index in [1.54, 1.807) is 18.2 Å². The number of ether oxygens (including phenoxy) is 1. The van der Waals surface area contributed by atoms with E-state index in [2.05, 4.69) is 9.97 Å². The van der Waals surface area contributed by atoms with E-state index in [4.69, 9.17) is 10.5 Å². The topological polar surface area (TPSA) is 115 Å². The van der Waals surface area contributed by atoms with Crippen molar-refractivity contribution in [2.24, 2.45) is 0 Å². The molecule has 2 N–H and O–H groups in total. The van der Waals surface area contributed by atoms with Crippen molar-refractivity contribution in [1.82, 2.24) is 9.97 Å². The van der Waals surface area contributed by atoms with E-state index in [9.17, 15) is 13.2 Å². The van der Waals surface area contributed by atoms with Crippen molar-refractivity contribution in [2.75, 3.05) is 23.5 Å². The Morgan fingerprint density at radius 2 is 2.00 bits per heavy atom. The smallest absolute Gasteiger partial charge is 0.253 e. The van der Waals surface area contributed by atoms with Crippen molar-refractivity contribution >= 4 is 38.2 Å². The number of nitrogens with two attached hydrogens (primary N) is 1. The molecule has 8 nitrogen and oxygen atoms in total. The Morgan fingerprint density at radius 3 is 2.73 bits per heavy atom. The van der Waals surface area contributed by atoms with Gasteiger partial charge in [-0.1, -0.05) is 12.1 Å². The summed E-state index contributed by atoms with van der Waals surface area (Å²) in [6.07, 6.45) is 4.45. The number of amides is 1. The largest absolute Gasteiger partial charge is 0.384 e. The monoisotopic (exact) mass is 426 g/mol. The molecule has 0 atom stereocenters. The van der Waals surface area contributed by atoms with Gasteiger partial charge in [0.1, 0.15) is 12.4 Å². The summed E-state index contributed by atoms with van der Waals surface area (Å²) in [5.74, 6) is 0.0671. The number of pyridine rings is 2. The minimum Gasteiger partial charge on any atom is -0.384 e. The highest BCUT2D eigenvalue weighted by Gasteiger charge is 2.28. The van der Waals surface area contributed by atoms with E-state index in [-0.39, 0.29) is 35.9 Å². The van der Waals surface area contributed by atoms with Gasteiger partial charge in [-0.05, 0) is 48.7 Å². The number of anilines is 2. The summed E-state index contributed by atoms with van der Waals surface area (Å²) in [6.45, 7) is 0.0229. The summed E-state index contributed by atoms with van der Waals surface area (Å²) < 4.78 is 30.1. The summed E-state index contributed by atoms with van der Waals surface area (Å²) in [4.78, 5) is 22.8. The zero-order chi connectivity index (χ0) is 21.3. The number of hydrogen-bond acceptors (Lipinski definition) is 7. The molecule has 0 spiro atoms. The highest BCUT2D eigenvalue weighted by molar-refractivity contribution is 7.90. The normalized spacial score (nSPS) is 14.0. The van der Waals surface area contributed by atoms with E-state index in [0.717, 1.165) is 30.0 Å². The lowest BCUT2D eigenvalue weighted by atomic mass is 10.1. The van der Waals surface area contributed by atoms with E-state index in [0.29, 0.717) is 11.3 Å². The number of nitrogens with zero attached hydrogens (tertiary/aromatic N) is 3. The van der Waals surface area contributed by atoms with E-state index in [1.165, 1.54) is 11.1 Å². The number of fused-ring (bicyclic) bond motifs is 1. The molecule has 1 aliphatic rings. The first kappa shape index (κ1) is 20.2. The van der Waals surface area contributed by atoms with Crippen LogP contribution >= 0.6 is 0 Å². The predicted molar refractivity (Wildman–Crippen MR) is 114 cm³/mol. The molecule has 0 bridgehead atoms. The van der Waals surface area contributed by atoms with Crippen molar-refractivity contribution < 1.29 is 17.9 Å². The lowest BCUT2D eigenvalue weighted by Crippen LogP contribution is -2.35. The van der Waals surface area contributed by atoms with Crippen LogP contribution < -0.4 is 10.6 Å². The molecule has 0 unspecified atom stereocenters. The van der Waals surface area contributed by atoms with Crippen molar-refractivity contribution in [3.63, 3.8) is 0 Å². The summed E-state index contributed by atoms with van der Waals surface area (Å²) in [6, 6.07) is 12.4. The number of aromatic nitrogens is 2. The van der Waals surface area contributed by atoms with Crippen molar-refractivity contribution in [3.05, 3.63) is 54.2 Å². The Hall–Kier alpha value is -3.04. The Balaban J connectivity index is 1.71. The van der Waals surface area contributed by atoms with E-state index < -0.39 is 9.84 Å². The van der Waals surface area contributed by atoms with Gasteiger partial charge in [-0.2, -0.15) is 0 Å². The van der Waals surface area contributed by atoms with Gasteiger partial charge < -0.3 is 15.4 Å². The molecule has 1 aliphatic carbocycles. The van der Waals surface area contributed by atoms with Gasteiger partial charge in [0, 0.05) is 17.8 Å². The van der Waals surface area contributed by atoms with Crippen molar-refractivity contribution in [3.8, 4) is 0 Å². The minimum atomic E-state index is -3.64. The van der Waals surface area contributed by atoms with Gasteiger partial charge in [-0.15, -0.1) is 0 Å². The van der Waals surface area contributed by atoms with Crippen LogP contribution in [-0.2, 0) is 25.9 Å². The van der Waals surface area contributed by atoms with Gasteiger partial charge in [0.15, 0.2) is 14.9 Å². The van der Waals surface area contributed by atoms with Gasteiger partial charge in [-0.25, -0.2) is 18.4 Å². The molecule has 156 valence electrons. The maximum atomic E-state index is 13.0. The number of sulfone groups is 1. The zero-order valence-corrected chi connectivity index (χ0v) is 17.3. The molecule has 1 fully saturated rings. The predicted octanol–water partition coefficient (Wildman–Crippen LogP) is 2.33. The fourth-order valence-corrected chi connectivity index (χ4v) is 3.95. The fraction of sp³-hybridized carbons (Fsp3) is 0.286. The second-order valence-electron chi connectivity index (χ2n) is 7.35. The quantitative estimate of drug-likeness (QED) is 0.616. The number of rotatable bonds is 7. The van der Waals surface area contributed by atoms with Crippen LogP contribution in [0.15, 0.2) is 53.7 Å². The third-order valence-electron chi connectivity index (χ3n) is 4.78. The van der Waals surface area contributed by atoms with Crippen molar-refractivity contribution in [2.45, 2.75) is 30.5 Å². The average molecular weight is 426 g/mol. The second kappa shape index (κ2) is 8.00. The van der Waals surface area contributed by atoms with Crippen molar-refractivity contribution in [1.29, 1.82) is 0 Å². The maximum Gasteiger partial charge on any atom is 0.253 e. The van der Waals surface area contributed by atoms with Gasteiger partial charge in [0.05, 0.1) is 23.9 Å². The Kier molecular flexibility index (Phi) is 5.40. The molecule has 1 saturated carbocycles. The standard InChI is InChI=1S/C21H22N4O4S/c1-30(27,28)21-18(3-2-10-23-21)25(20(26)13-29-16-7-8-16)12-14-4-5-15-6-9-19(22)24-17(15)11-14/h2-6,9-11,16H,7-8,12-13H2,1H3,(H2,22,24). The van der Waals surface area contributed by atoms with E-state index in [1.807, 2.05) is 24.3 Å². The van der Waals surface area contributed by atoms with Gasteiger partial charge in [-0.3, -0.25) is 4.79 Å². The summed E-state index contributed by atoms with van der Waals surface area (Å²) in [7, 11) is -3.64. The average Bonchev–Trinajstić information content (AvgIpc) is 3.54. The van der Waals surface area contributed by atoms with Crippen LogP contribution in [0.3, 0.4) is 0 Å². The number of carbonyl (C=O) groups is 1. The molecule has 0 saturated heterocycles. The van der Waals surface area contributed by atoms with E-state index >= 15 is 0 Å². The number of carbonyl (C=O) groups excluding carboxylic acids is 1. The van der Waals surface area contributed by atoms with Gasteiger partial charge in [0.2, 0.25) is 0 Å². The summed E-state index contributed by atoms with van der Waals surface area (Å²) >= 11 is 0. The SMILES string of the molecule is CS(=O)(=O)c1ncccc1N(Cc1ccc2ccc(N)nc2c1)C(=O)COC1CC1. The molecular weight excluding hydrogens is 404 g/mol. The molecule has 30 heavy (non-hydrogen) atoms. The summed E-state index contributed by atoms with van der Waals surface area (Å²) in [5.41, 5.74) is 7.49. The van der Waals surface area contributed by atoms with Crippen LogP contribution in [-0.4, -0.2) is 43.3 Å². The molecular formula is C21H22N4O4S. The maximum absolute atomic E-state index is 13.0. The first-order valence-electron chi connectivity index (χ1n) is 9.53. The van der Waals surface area contributed by atoms with Crippen LogP contribution in [0.1, 0.15) is 18.4 Å². The molecule has 2 heterocycles. The molecule has 1 amide bonds. The second-order valence-corrected chi connectivity index (χ2v) is 9.28. The highest BCUT2D eigenvalue weighted by Crippen LogP contribution is 2.27. The van der Waals surface area contributed by atoms with Crippen LogP contribution in [0, 0.1) is 0 Å². The van der Waals surface area contributed by atoms with Gasteiger partial charge >= 0.3 is 0 Å². The number of nitrogen functional groups attached to an aromatic ring is 1. The first-order chi connectivity index (χ1) is 14.3. The molecule has 9 heteroatoms. The van der Waals surface area contributed by atoms with Crippen LogP contribution in [0.25, 0.3) is 10.9 Å². The molecule has 0 aliphatic heterocycles. The Labute approximate surface area is 174 Å². The lowest BCUT2D eigenvalue weighted by Gasteiger charge is -2.24. The van der Waals surface area contributed by atoms with Crippen LogP contribution in [0.4, 0.5) is 11.5 Å². The molecule has 2 aromatic heterocycles. The van der Waals surface area contributed by atoms with Gasteiger partial charge in [0.25, 0.3) is 5.91 Å². The number of benzene rings is 1. The Morgan fingerprint density at radius 1 is 1.23 bits per heavy atom. The van der Waals surface area contributed by atoms with Crippen LogP contribution in [0.5, 0.6) is 0 Å². The molecule has 0 radical (unpaired) electrons.